The topological polar surface area (TPSA) is 65.8 Å². The first-order chi connectivity index (χ1) is 10.7. The van der Waals surface area contributed by atoms with Crippen LogP contribution in [-0.2, 0) is 4.79 Å². The van der Waals surface area contributed by atoms with Crippen molar-refractivity contribution in [1.29, 1.82) is 5.26 Å². The van der Waals surface area contributed by atoms with Gasteiger partial charge in [0.05, 0.1) is 5.69 Å². The summed E-state index contributed by atoms with van der Waals surface area (Å²) >= 11 is 7.33. The summed E-state index contributed by atoms with van der Waals surface area (Å²) in [6.45, 7) is 0. The Morgan fingerprint density at radius 1 is 1.41 bits per heavy atom. The molecule has 22 heavy (non-hydrogen) atoms. The van der Waals surface area contributed by atoms with E-state index >= 15 is 0 Å². The van der Waals surface area contributed by atoms with E-state index in [1.54, 1.807) is 12.1 Å². The molecular weight excluding hydrogens is 318 g/mol. The molecule has 2 aromatic rings. The molecule has 1 amide bonds. The van der Waals surface area contributed by atoms with Crippen LogP contribution in [0.4, 0.5) is 0 Å². The number of nitrogens with one attached hydrogen (secondary N) is 1. The number of thiazole rings is 1. The molecule has 3 rings (SSSR count). The Bertz CT molecular complexity index is 769. The molecule has 6 heteroatoms. The lowest BCUT2D eigenvalue weighted by atomic mass is 10.2. The number of aromatic nitrogens is 1. The number of hydrogen-bond donors (Lipinski definition) is 1. The monoisotopic (exact) mass is 329 g/mol. The Kier molecular flexibility index (Phi) is 4.23. The summed E-state index contributed by atoms with van der Waals surface area (Å²) in [7, 11) is 0. The van der Waals surface area contributed by atoms with Crippen LogP contribution in [0.25, 0.3) is 16.6 Å². The molecule has 0 radical (unpaired) electrons. The second-order valence-electron chi connectivity index (χ2n) is 5.00. The van der Waals surface area contributed by atoms with Gasteiger partial charge < -0.3 is 5.32 Å². The average Bonchev–Trinajstić information content (AvgIpc) is 3.21. The van der Waals surface area contributed by atoms with Gasteiger partial charge in [-0.1, -0.05) is 23.7 Å². The summed E-state index contributed by atoms with van der Waals surface area (Å²) in [6.07, 6.45) is 3.50. The van der Waals surface area contributed by atoms with Gasteiger partial charge in [0.15, 0.2) is 0 Å². The molecule has 1 heterocycles. The quantitative estimate of drug-likeness (QED) is 0.687. The standard InChI is InChI=1S/C16H12ClN3OS/c17-12-3-1-10(2-4-12)16-20-14(9-22-16)7-11(8-18)15(21)19-13-5-6-13/h1-4,7,9,13H,5-6H2,(H,19,21)/b11-7+. The molecule has 1 aromatic heterocycles. The molecule has 1 aliphatic carbocycles. The third kappa shape index (κ3) is 3.53. The Balaban J connectivity index is 1.80. The zero-order chi connectivity index (χ0) is 15.5. The van der Waals surface area contributed by atoms with Crippen LogP contribution in [0, 0.1) is 11.3 Å². The van der Waals surface area contributed by atoms with Gasteiger partial charge in [0.1, 0.15) is 16.6 Å². The maximum absolute atomic E-state index is 11.9. The lowest BCUT2D eigenvalue weighted by molar-refractivity contribution is -0.117. The number of halogens is 1. The molecule has 1 N–H and O–H groups in total. The first kappa shape index (κ1) is 14.8. The van der Waals surface area contributed by atoms with Gasteiger partial charge in [-0.2, -0.15) is 5.26 Å². The van der Waals surface area contributed by atoms with E-state index in [0.29, 0.717) is 10.7 Å². The number of rotatable bonds is 4. The van der Waals surface area contributed by atoms with E-state index in [2.05, 4.69) is 10.3 Å². The first-order valence-electron chi connectivity index (χ1n) is 6.80. The van der Waals surface area contributed by atoms with Crippen LogP contribution in [0.2, 0.25) is 5.02 Å². The highest BCUT2D eigenvalue weighted by atomic mass is 35.5. The van der Waals surface area contributed by atoms with Crippen LogP contribution in [0.15, 0.2) is 35.2 Å². The van der Waals surface area contributed by atoms with Gasteiger partial charge in [0.25, 0.3) is 5.91 Å². The van der Waals surface area contributed by atoms with Crippen LogP contribution in [0.1, 0.15) is 18.5 Å². The molecule has 0 bridgehead atoms. The number of hydrogen-bond acceptors (Lipinski definition) is 4. The summed E-state index contributed by atoms with van der Waals surface area (Å²) < 4.78 is 0. The van der Waals surface area contributed by atoms with Gasteiger partial charge in [-0.05, 0) is 31.1 Å². The van der Waals surface area contributed by atoms with Crippen molar-refractivity contribution in [2.75, 3.05) is 0 Å². The highest BCUT2D eigenvalue weighted by molar-refractivity contribution is 7.13. The maximum atomic E-state index is 11.9. The fourth-order valence-corrected chi connectivity index (χ4v) is 2.77. The normalized spacial score (nSPS) is 14.5. The first-order valence-corrected chi connectivity index (χ1v) is 8.05. The largest absolute Gasteiger partial charge is 0.349 e. The van der Waals surface area contributed by atoms with Crippen LogP contribution in [0.5, 0.6) is 0 Å². The number of carbonyl (C=O) groups excluding carboxylic acids is 1. The van der Waals surface area contributed by atoms with Gasteiger partial charge in [-0.15, -0.1) is 11.3 Å². The minimum Gasteiger partial charge on any atom is -0.349 e. The SMILES string of the molecule is N#C/C(=C\c1csc(-c2ccc(Cl)cc2)n1)C(=O)NC1CC1. The number of carbonyl (C=O) groups is 1. The van der Waals surface area contributed by atoms with Crippen LogP contribution >= 0.6 is 22.9 Å². The van der Waals surface area contributed by atoms with Gasteiger partial charge in [-0.25, -0.2) is 4.98 Å². The van der Waals surface area contributed by atoms with E-state index in [1.807, 2.05) is 23.6 Å². The summed E-state index contributed by atoms with van der Waals surface area (Å²) in [5, 5.41) is 15.2. The van der Waals surface area contributed by atoms with Crippen molar-refractivity contribution in [3.63, 3.8) is 0 Å². The minimum absolute atomic E-state index is 0.0832. The number of nitriles is 1. The zero-order valence-electron chi connectivity index (χ0n) is 11.5. The lowest BCUT2D eigenvalue weighted by Crippen LogP contribution is -2.26. The summed E-state index contributed by atoms with van der Waals surface area (Å²) in [4.78, 5) is 16.3. The predicted molar refractivity (Wildman–Crippen MR) is 87.3 cm³/mol. The zero-order valence-corrected chi connectivity index (χ0v) is 13.1. The summed E-state index contributed by atoms with van der Waals surface area (Å²) in [5.74, 6) is -0.328. The van der Waals surface area contributed by atoms with Crippen molar-refractivity contribution in [2.45, 2.75) is 18.9 Å². The van der Waals surface area contributed by atoms with Gasteiger partial charge in [-0.3, -0.25) is 4.79 Å². The van der Waals surface area contributed by atoms with Crippen molar-refractivity contribution in [3.05, 3.63) is 45.9 Å². The predicted octanol–water partition coefficient (Wildman–Crippen LogP) is 3.65. The van der Waals surface area contributed by atoms with Crippen molar-refractivity contribution < 1.29 is 4.79 Å². The highest BCUT2D eigenvalue weighted by Crippen LogP contribution is 2.26. The molecular formula is C16H12ClN3OS. The van der Waals surface area contributed by atoms with E-state index < -0.39 is 0 Å². The second-order valence-corrected chi connectivity index (χ2v) is 6.30. The van der Waals surface area contributed by atoms with E-state index in [9.17, 15) is 4.79 Å². The molecule has 0 saturated heterocycles. The molecule has 1 fully saturated rings. The summed E-state index contributed by atoms with van der Waals surface area (Å²) in [6, 6.07) is 9.55. The van der Waals surface area contributed by atoms with Gasteiger partial charge in [0, 0.05) is 22.0 Å². The Hall–Kier alpha value is -2.16. The van der Waals surface area contributed by atoms with Crippen molar-refractivity contribution >= 4 is 34.9 Å². The molecule has 1 saturated carbocycles. The summed E-state index contributed by atoms with van der Waals surface area (Å²) in [5.41, 5.74) is 1.65. The fraction of sp³-hybridized carbons (Fsp3) is 0.188. The smallest absolute Gasteiger partial charge is 0.262 e. The molecule has 1 aromatic carbocycles. The van der Waals surface area contributed by atoms with E-state index in [-0.39, 0.29) is 17.5 Å². The van der Waals surface area contributed by atoms with Crippen LogP contribution in [-0.4, -0.2) is 16.9 Å². The highest BCUT2D eigenvalue weighted by Gasteiger charge is 2.24. The Morgan fingerprint density at radius 3 is 2.77 bits per heavy atom. The van der Waals surface area contributed by atoms with Crippen molar-refractivity contribution in [3.8, 4) is 16.6 Å². The molecule has 110 valence electrons. The number of amides is 1. The second kappa shape index (κ2) is 6.30. The molecule has 4 nitrogen and oxygen atoms in total. The number of benzene rings is 1. The molecule has 0 atom stereocenters. The Labute approximate surface area is 137 Å². The molecule has 0 spiro atoms. The van der Waals surface area contributed by atoms with Crippen LogP contribution in [0.3, 0.4) is 0 Å². The van der Waals surface area contributed by atoms with E-state index in [0.717, 1.165) is 23.4 Å². The number of nitrogens with zero attached hydrogens (tertiary/aromatic N) is 2. The minimum atomic E-state index is -0.328. The lowest BCUT2D eigenvalue weighted by Gasteiger charge is -2.00. The van der Waals surface area contributed by atoms with Gasteiger partial charge >= 0.3 is 0 Å². The van der Waals surface area contributed by atoms with Gasteiger partial charge in [0.2, 0.25) is 0 Å². The molecule has 1 aliphatic rings. The third-order valence-electron chi connectivity index (χ3n) is 3.18. The van der Waals surface area contributed by atoms with Crippen LogP contribution < -0.4 is 5.32 Å². The maximum Gasteiger partial charge on any atom is 0.262 e. The Morgan fingerprint density at radius 2 is 2.14 bits per heavy atom. The van der Waals surface area contributed by atoms with E-state index in [1.165, 1.54) is 17.4 Å². The van der Waals surface area contributed by atoms with E-state index in [4.69, 9.17) is 16.9 Å². The molecule has 0 aliphatic heterocycles. The van der Waals surface area contributed by atoms with Crippen molar-refractivity contribution in [2.24, 2.45) is 0 Å². The third-order valence-corrected chi connectivity index (χ3v) is 4.34. The average molecular weight is 330 g/mol. The fourth-order valence-electron chi connectivity index (χ4n) is 1.86. The van der Waals surface area contributed by atoms with Crippen molar-refractivity contribution in [1.82, 2.24) is 10.3 Å². The molecule has 0 unspecified atom stereocenters.